The molecule has 2 unspecified atom stereocenters. The summed E-state index contributed by atoms with van der Waals surface area (Å²) in [6, 6.07) is 9.86. The predicted molar refractivity (Wildman–Crippen MR) is 123 cm³/mol. The van der Waals surface area contributed by atoms with Gasteiger partial charge in [-0.25, -0.2) is 8.42 Å². The summed E-state index contributed by atoms with van der Waals surface area (Å²) in [4.78, 5) is 14.2. The number of carbonyl (C=O) groups is 1. The highest BCUT2D eigenvalue weighted by molar-refractivity contribution is 7.89. The largest absolute Gasteiger partial charge is 0.573 e. The lowest BCUT2D eigenvalue weighted by molar-refractivity contribution is -0.274. The number of rotatable bonds is 5. The average molecular weight is 513 g/mol. The van der Waals surface area contributed by atoms with Gasteiger partial charge in [-0.1, -0.05) is 12.1 Å². The van der Waals surface area contributed by atoms with E-state index in [4.69, 9.17) is 4.74 Å². The lowest BCUT2D eigenvalue weighted by atomic mass is 10.1. The van der Waals surface area contributed by atoms with Crippen molar-refractivity contribution >= 4 is 21.7 Å². The van der Waals surface area contributed by atoms with E-state index in [0.29, 0.717) is 37.2 Å². The van der Waals surface area contributed by atoms with Gasteiger partial charge in [0.05, 0.1) is 17.9 Å². The summed E-state index contributed by atoms with van der Waals surface area (Å²) in [5, 5.41) is 0. The highest BCUT2D eigenvalue weighted by Crippen LogP contribution is 2.36. The molecule has 2 aromatic rings. The van der Waals surface area contributed by atoms with Crippen molar-refractivity contribution in [1.29, 1.82) is 0 Å². The van der Waals surface area contributed by atoms with Crippen LogP contribution in [0.1, 0.15) is 25.0 Å². The number of alkyl halides is 3. The number of esters is 1. The smallest absolute Gasteiger partial charge is 0.469 e. The average Bonchev–Trinajstić information content (AvgIpc) is 3.21. The molecule has 2 aromatic carbocycles. The molecule has 1 heterocycles. The minimum Gasteiger partial charge on any atom is -0.469 e. The van der Waals surface area contributed by atoms with Gasteiger partial charge < -0.3 is 14.4 Å². The zero-order valence-electron chi connectivity index (χ0n) is 19.6. The van der Waals surface area contributed by atoms with E-state index in [0.717, 1.165) is 5.56 Å². The number of anilines is 1. The van der Waals surface area contributed by atoms with Gasteiger partial charge in [-0.15, -0.1) is 13.2 Å². The van der Waals surface area contributed by atoms with E-state index >= 15 is 0 Å². The monoisotopic (exact) mass is 512 g/mol. The molecular formula is C24H27F3N2O5S. The first-order chi connectivity index (χ1) is 16.4. The number of benzene rings is 2. The fourth-order valence-corrected chi connectivity index (χ4v) is 7.24. The van der Waals surface area contributed by atoms with Gasteiger partial charge in [0.15, 0.2) is 0 Å². The van der Waals surface area contributed by atoms with E-state index in [2.05, 4.69) is 4.74 Å². The fraction of sp³-hybridized carbons (Fsp3) is 0.458. The van der Waals surface area contributed by atoms with Crippen LogP contribution in [0, 0.1) is 5.92 Å². The van der Waals surface area contributed by atoms with Crippen molar-refractivity contribution in [2.45, 2.75) is 50.0 Å². The summed E-state index contributed by atoms with van der Waals surface area (Å²) in [5.74, 6) is -1.07. The quantitative estimate of drug-likeness (QED) is 0.568. The second-order valence-electron chi connectivity index (χ2n) is 9.00. The standard InChI is InChI=1S/C24H27F3N2O5S/c1-15-13-28(19-7-9-20(10-8-19)34-24(25,26)27)14-16(2)29(15)35(31,32)22-6-4-5-17-11-18(12-21(17)22)23(30)33-3/h4-10,15-16,18H,11-14H2,1-3H3/t15?,16?,18-/m0/s1. The van der Waals surface area contributed by atoms with Crippen LogP contribution < -0.4 is 9.64 Å². The van der Waals surface area contributed by atoms with E-state index in [-0.39, 0.29) is 16.6 Å². The van der Waals surface area contributed by atoms with E-state index in [1.54, 1.807) is 12.1 Å². The maximum atomic E-state index is 13.8. The molecule has 11 heteroatoms. The van der Waals surface area contributed by atoms with Crippen LogP contribution in [0.4, 0.5) is 18.9 Å². The van der Waals surface area contributed by atoms with Crippen molar-refractivity contribution in [2.75, 3.05) is 25.1 Å². The highest BCUT2D eigenvalue weighted by atomic mass is 32.2. The number of hydrogen-bond acceptors (Lipinski definition) is 6. The number of carbonyl (C=O) groups excluding carboxylic acids is 1. The second kappa shape index (κ2) is 9.34. The van der Waals surface area contributed by atoms with Gasteiger partial charge in [-0.05, 0) is 68.1 Å². The minimum absolute atomic E-state index is 0.210. The van der Waals surface area contributed by atoms with Crippen LogP contribution in [0.3, 0.4) is 0 Å². The molecule has 0 radical (unpaired) electrons. The van der Waals surface area contributed by atoms with Crippen LogP contribution in [-0.4, -0.2) is 57.3 Å². The molecule has 35 heavy (non-hydrogen) atoms. The Kier molecular flexibility index (Phi) is 6.76. The number of sulfonamides is 1. The molecule has 7 nitrogen and oxygen atoms in total. The molecule has 0 bridgehead atoms. The molecule has 0 N–H and O–H groups in total. The third-order valence-electron chi connectivity index (χ3n) is 6.51. The summed E-state index contributed by atoms with van der Waals surface area (Å²) in [7, 11) is -2.54. The van der Waals surface area contributed by atoms with Crippen molar-refractivity contribution in [1.82, 2.24) is 4.31 Å². The van der Waals surface area contributed by atoms with Crippen LogP contribution in [0.15, 0.2) is 47.4 Å². The van der Waals surface area contributed by atoms with Gasteiger partial charge in [-0.2, -0.15) is 4.31 Å². The number of fused-ring (bicyclic) bond motifs is 1. The number of nitrogens with zero attached hydrogens (tertiary/aromatic N) is 2. The van der Waals surface area contributed by atoms with Crippen molar-refractivity contribution in [3.8, 4) is 5.75 Å². The third kappa shape index (κ3) is 5.11. The van der Waals surface area contributed by atoms with Crippen molar-refractivity contribution in [3.05, 3.63) is 53.6 Å². The fourth-order valence-electron chi connectivity index (χ4n) is 5.16. The maximum absolute atomic E-state index is 13.8. The molecule has 4 rings (SSSR count). The summed E-state index contributed by atoms with van der Waals surface area (Å²) in [6.07, 6.45) is -4.01. The SMILES string of the molecule is COC(=O)[C@H]1Cc2cccc(S(=O)(=O)N3C(C)CN(c4ccc(OC(F)(F)F)cc4)CC3C)c2C1. The van der Waals surface area contributed by atoms with Crippen molar-refractivity contribution in [3.63, 3.8) is 0 Å². The van der Waals surface area contributed by atoms with Gasteiger partial charge in [0.2, 0.25) is 10.0 Å². The van der Waals surface area contributed by atoms with E-state index in [9.17, 15) is 26.4 Å². The van der Waals surface area contributed by atoms with Crippen LogP contribution in [0.25, 0.3) is 0 Å². The topological polar surface area (TPSA) is 76.2 Å². The van der Waals surface area contributed by atoms with Gasteiger partial charge in [0.1, 0.15) is 5.75 Å². The second-order valence-corrected chi connectivity index (χ2v) is 10.8. The summed E-state index contributed by atoms with van der Waals surface area (Å²) in [5.41, 5.74) is 2.17. The Morgan fingerprint density at radius 1 is 1.00 bits per heavy atom. The van der Waals surface area contributed by atoms with Gasteiger partial charge in [0.25, 0.3) is 0 Å². The number of piperazine rings is 1. The molecule has 190 valence electrons. The van der Waals surface area contributed by atoms with Crippen molar-refractivity contribution < 1.29 is 35.9 Å². The Morgan fingerprint density at radius 2 is 1.63 bits per heavy atom. The maximum Gasteiger partial charge on any atom is 0.573 e. The van der Waals surface area contributed by atoms with Gasteiger partial charge in [-0.3, -0.25) is 4.79 Å². The van der Waals surface area contributed by atoms with Crippen LogP contribution in [0.2, 0.25) is 0 Å². The van der Waals surface area contributed by atoms with Crippen LogP contribution >= 0.6 is 0 Å². The van der Waals surface area contributed by atoms with Gasteiger partial charge in [0, 0.05) is 30.9 Å². The predicted octanol–water partition coefficient (Wildman–Crippen LogP) is 3.76. The first-order valence-electron chi connectivity index (χ1n) is 11.2. The molecule has 0 aromatic heterocycles. The van der Waals surface area contributed by atoms with Gasteiger partial charge >= 0.3 is 12.3 Å². The lowest BCUT2D eigenvalue weighted by Crippen LogP contribution is -2.58. The van der Waals surface area contributed by atoms with E-state index in [1.165, 1.54) is 35.7 Å². The molecule has 0 saturated carbocycles. The molecule has 3 atom stereocenters. The number of methoxy groups -OCH3 is 1. The Labute approximate surface area is 202 Å². The Hall–Kier alpha value is -2.79. The molecular weight excluding hydrogens is 485 g/mol. The summed E-state index contributed by atoms with van der Waals surface area (Å²) in [6.45, 7) is 4.34. The van der Waals surface area contributed by atoms with Crippen LogP contribution in [-0.2, 0) is 32.4 Å². The van der Waals surface area contributed by atoms with E-state index in [1.807, 2.05) is 24.8 Å². The highest BCUT2D eigenvalue weighted by Gasteiger charge is 2.41. The molecule has 1 fully saturated rings. The number of hydrogen-bond donors (Lipinski definition) is 0. The Morgan fingerprint density at radius 3 is 2.20 bits per heavy atom. The van der Waals surface area contributed by atoms with Crippen molar-refractivity contribution in [2.24, 2.45) is 5.92 Å². The molecule has 2 aliphatic rings. The Balaban J connectivity index is 1.54. The molecule has 1 saturated heterocycles. The zero-order valence-corrected chi connectivity index (χ0v) is 20.4. The minimum atomic E-state index is -4.76. The lowest BCUT2D eigenvalue weighted by Gasteiger charge is -2.44. The summed E-state index contributed by atoms with van der Waals surface area (Å²) < 4.78 is 75.2. The van der Waals surface area contributed by atoms with E-state index < -0.39 is 34.4 Å². The molecule has 1 aliphatic heterocycles. The number of ether oxygens (including phenoxy) is 2. The van der Waals surface area contributed by atoms with Crippen LogP contribution in [0.5, 0.6) is 5.75 Å². The third-order valence-corrected chi connectivity index (χ3v) is 8.72. The molecule has 1 aliphatic carbocycles. The molecule has 0 spiro atoms. The first kappa shape index (κ1) is 25.3. The number of halogens is 3. The Bertz CT molecular complexity index is 1190. The normalized spacial score (nSPS) is 23.1. The summed E-state index contributed by atoms with van der Waals surface area (Å²) >= 11 is 0. The first-order valence-corrected chi connectivity index (χ1v) is 12.7. The molecule has 0 amide bonds. The zero-order chi connectivity index (χ0) is 25.5.